The van der Waals surface area contributed by atoms with Crippen LogP contribution in [-0.4, -0.2) is 16.5 Å². The number of nitrogens with zero attached hydrogens (tertiary/aromatic N) is 3. The Bertz CT molecular complexity index is 533. The van der Waals surface area contributed by atoms with Gasteiger partial charge in [0.05, 0.1) is 0 Å². The molecule has 83 valence electrons. The van der Waals surface area contributed by atoms with E-state index >= 15 is 0 Å². The van der Waals surface area contributed by atoms with Crippen molar-refractivity contribution >= 4 is 23.1 Å². The molecule has 3 nitrogen and oxygen atoms in total. The number of anilines is 2. The molecular weight excluding hydrogens is 311 g/mol. The number of hydrogen-bond donors (Lipinski definition) is 0. The smallest absolute Gasteiger partial charge is 0.0344 e. The number of halogens is 1. The summed E-state index contributed by atoms with van der Waals surface area (Å²) in [6.45, 7) is 0.931. The predicted octanol–water partition coefficient (Wildman–Crippen LogP) is 2.62. The van der Waals surface area contributed by atoms with Crippen LogP contribution in [0.25, 0.3) is 0 Å². The number of aromatic nitrogens is 2. The van der Waals surface area contributed by atoms with Crippen molar-refractivity contribution in [3.8, 4) is 0 Å². The van der Waals surface area contributed by atoms with Gasteiger partial charge >= 0.3 is 0 Å². The van der Waals surface area contributed by atoms with Crippen molar-refractivity contribution in [3.63, 3.8) is 0 Å². The first-order chi connectivity index (χ1) is 7.84. The number of fused-ring (bicyclic) bond motifs is 1. The summed E-state index contributed by atoms with van der Waals surface area (Å²) >= 11 is 5.84. The fourth-order valence-corrected chi connectivity index (χ4v) is 2.14. The Balaban J connectivity index is 0.00000108. The summed E-state index contributed by atoms with van der Waals surface area (Å²) < 4.78 is 0. The van der Waals surface area contributed by atoms with Crippen LogP contribution in [0.2, 0.25) is 5.15 Å². The van der Waals surface area contributed by atoms with Gasteiger partial charge in [-0.3, -0.25) is 0 Å². The van der Waals surface area contributed by atoms with E-state index in [9.17, 15) is 0 Å². The summed E-state index contributed by atoms with van der Waals surface area (Å²) in [5, 5.41) is 0.425. The van der Waals surface area contributed by atoms with Crippen LogP contribution in [0.4, 0.5) is 11.5 Å². The molecule has 17 heavy (non-hydrogen) atoms. The summed E-state index contributed by atoms with van der Waals surface area (Å²) in [5.41, 5.74) is 2.54. The second-order valence-corrected chi connectivity index (χ2v) is 4.07. The summed E-state index contributed by atoms with van der Waals surface area (Å²) in [6.07, 6.45) is 3.60. The SMILES string of the molecule is Clc1cc(N2CCc3ccccc32)n[c-]n1.[Y]. The topological polar surface area (TPSA) is 29.0 Å². The monoisotopic (exact) mass is 319 g/mol. The molecule has 1 aliphatic heterocycles. The van der Waals surface area contributed by atoms with Crippen LogP contribution in [0, 0.1) is 6.33 Å². The zero-order valence-corrected chi connectivity index (χ0v) is 12.7. The van der Waals surface area contributed by atoms with Crippen molar-refractivity contribution in [2.75, 3.05) is 11.4 Å². The Morgan fingerprint density at radius 2 is 2.06 bits per heavy atom. The average Bonchev–Trinajstić information content (AvgIpc) is 2.72. The molecule has 1 aromatic heterocycles. The molecule has 0 unspecified atom stereocenters. The molecule has 0 bridgehead atoms. The molecule has 1 radical (unpaired) electrons. The molecular formula is C12H9ClN3Y-. The van der Waals surface area contributed by atoms with Crippen molar-refractivity contribution in [2.24, 2.45) is 0 Å². The van der Waals surface area contributed by atoms with Gasteiger partial charge < -0.3 is 14.9 Å². The predicted molar refractivity (Wildman–Crippen MR) is 63.0 cm³/mol. The van der Waals surface area contributed by atoms with E-state index in [-0.39, 0.29) is 32.7 Å². The second-order valence-electron chi connectivity index (χ2n) is 3.68. The third-order valence-corrected chi connectivity index (χ3v) is 2.93. The Kier molecular flexibility index (Phi) is 4.13. The summed E-state index contributed by atoms with van der Waals surface area (Å²) in [5.74, 6) is 0.810. The normalized spacial score (nSPS) is 13.1. The molecule has 5 heteroatoms. The maximum absolute atomic E-state index is 5.84. The number of para-hydroxylation sites is 1. The molecule has 0 fully saturated rings. The van der Waals surface area contributed by atoms with E-state index in [1.807, 2.05) is 6.07 Å². The minimum Gasteiger partial charge on any atom is -0.379 e. The van der Waals surface area contributed by atoms with Gasteiger partial charge in [0.15, 0.2) is 0 Å². The first-order valence-corrected chi connectivity index (χ1v) is 5.48. The van der Waals surface area contributed by atoms with Crippen LogP contribution in [0.15, 0.2) is 30.3 Å². The molecule has 2 aromatic rings. The van der Waals surface area contributed by atoms with Gasteiger partial charge in [-0.15, -0.1) is 11.6 Å². The quantitative estimate of drug-likeness (QED) is 0.598. The van der Waals surface area contributed by atoms with Crippen LogP contribution in [-0.2, 0) is 39.1 Å². The average molecular weight is 320 g/mol. The molecule has 3 rings (SSSR count). The maximum Gasteiger partial charge on any atom is 0.0344 e. The van der Waals surface area contributed by atoms with Gasteiger partial charge in [0.25, 0.3) is 0 Å². The molecule has 1 aliphatic rings. The Morgan fingerprint density at radius 1 is 1.24 bits per heavy atom. The van der Waals surface area contributed by atoms with Crippen LogP contribution < -0.4 is 4.90 Å². The van der Waals surface area contributed by atoms with Crippen molar-refractivity contribution in [1.82, 2.24) is 9.97 Å². The second kappa shape index (κ2) is 5.43. The van der Waals surface area contributed by atoms with Gasteiger partial charge in [-0.25, -0.2) is 0 Å². The fourth-order valence-electron chi connectivity index (χ4n) is 2.01. The fraction of sp³-hybridized carbons (Fsp3) is 0.167. The minimum absolute atomic E-state index is 0. The Labute approximate surface area is 130 Å². The third kappa shape index (κ3) is 2.51. The minimum atomic E-state index is 0. The molecule has 0 saturated carbocycles. The van der Waals surface area contributed by atoms with Crippen molar-refractivity contribution in [3.05, 3.63) is 47.4 Å². The van der Waals surface area contributed by atoms with Crippen LogP contribution in [0.1, 0.15) is 5.56 Å². The summed E-state index contributed by atoms with van der Waals surface area (Å²) in [4.78, 5) is 10.0. The van der Waals surface area contributed by atoms with Gasteiger partial charge in [0.1, 0.15) is 0 Å². The van der Waals surface area contributed by atoms with Gasteiger partial charge in [-0.1, -0.05) is 24.3 Å². The van der Waals surface area contributed by atoms with Crippen molar-refractivity contribution in [1.29, 1.82) is 0 Å². The molecule has 0 N–H and O–H groups in total. The first-order valence-electron chi connectivity index (χ1n) is 5.11. The van der Waals surface area contributed by atoms with Crippen LogP contribution in [0.5, 0.6) is 0 Å². The molecule has 0 spiro atoms. The maximum atomic E-state index is 5.84. The summed E-state index contributed by atoms with van der Waals surface area (Å²) in [6, 6.07) is 10.1. The van der Waals surface area contributed by atoms with Gasteiger partial charge in [0.2, 0.25) is 0 Å². The van der Waals surface area contributed by atoms with Crippen LogP contribution >= 0.6 is 11.6 Å². The number of rotatable bonds is 1. The zero-order valence-electron chi connectivity index (χ0n) is 9.10. The molecule has 0 atom stereocenters. The van der Waals surface area contributed by atoms with E-state index in [4.69, 9.17) is 11.6 Å². The van der Waals surface area contributed by atoms with Gasteiger partial charge in [-0.2, -0.15) is 0 Å². The largest absolute Gasteiger partial charge is 0.379 e. The number of hydrogen-bond acceptors (Lipinski definition) is 3. The third-order valence-electron chi connectivity index (χ3n) is 2.73. The molecule has 0 amide bonds. The summed E-state index contributed by atoms with van der Waals surface area (Å²) in [7, 11) is 0. The molecule has 2 heterocycles. The first kappa shape index (κ1) is 12.9. The standard InChI is InChI=1S/C12H9ClN3.Y/c13-11-7-12(15-8-14-11)16-6-5-9-3-1-2-4-10(9)16;/h1-4,7H,5-6H2;/q-1;. The molecule has 1 aromatic carbocycles. The zero-order chi connectivity index (χ0) is 11.0. The van der Waals surface area contributed by atoms with E-state index in [0.717, 1.165) is 18.8 Å². The molecule has 0 saturated heterocycles. The Morgan fingerprint density at radius 3 is 2.88 bits per heavy atom. The van der Waals surface area contributed by atoms with E-state index in [1.165, 1.54) is 11.3 Å². The van der Waals surface area contributed by atoms with E-state index < -0.39 is 0 Å². The van der Waals surface area contributed by atoms with Gasteiger partial charge in [-0.05, 0) is 18.1 Å². The Hall–Kier alpha value is -0.506. The number of benzene rings is 1. The van der Waals surface area contributed by atoms with Crippen molar-refractivity contribution in [2.45, 2.75) is 6.42 Å². The van der Waals surface area contributed by atoms with Gasteiger partial charge in [0, 0.05) is 62.2 Å². The van der Waals surface area contributed by atoms with E-state index in [0.29, 0.717) is 5.15 Å². The van der Waals surface area contributed by atoms with E-state index in [1.54, 1.807) is 6.07 Å². The van der Waals surface area contributed by atoms with Crippen molar-refractivity contribution < 1.29 is 32.7 Å². The molecule has 0 aliphatic carbocycles. The van der Waals surface area contributed by atoms with E-state index in [2.05, 4.69) is 39.4 Å². The van der Waals surface area contributed by atoms with Crippen LogP contribution in [0.3, 0.4) is 0 Å².